The van der Waals surface area contributed by atoms with Crippen LogP contribution >= 0.6 is 11.6 Å². The van der Waals surface area contributed by atoms with E-state index in [2.05, 4.69) is 10.1 Å². The van der Waals surface area contributed by atoms with E-state index in [-0.39, 0.29) is 18.5 Å². The zero-order chi connectivity index (χ0) is 18.7. The highest BCUT2D eigenvalue weighted by Gasteiger charge is 2.22. The van der Waals surface area contributed by atoms with Crippen LogP contribution in [0.5, 0.6) is 0 Å². The van der Waals surface area contributed by atoms with Gasteiger partial charge in [0.1, 0.15) is 6.54 Å². The molecule has 26 heavy (non-hydrogen) atoms. The van der Waals surface area contributed by atoms with Gasteiger partial charge in [0.15, 0.2) is 0 Å². The van der Waals surface area contributed by atoms with Gasteiger partial charge in [0.2, 0.25) is 11.7 Å². The van der Waals surface area contributed by atoms with Crippen molar-refractivity contribution < 1.29 is 9.32 Å². The number of amides is 1. The minimum Gasteiger partial charge on any atom is -0.337 e. The highest BCUT2D eigenvalue weighted by molar-refractivity contribution is 6.30. The molecule has 134 valence electrons. The average Bonchev–Trinajstić information content (AvgIpc) is 3.08. The standard InChI is InChI=1S/C20H20ClN3O2/c1-13(2)24(20(25)15-7-9-17(21)10-8-15)12-18-22-19(23-26-18)16-6-4-5-14(3)11-16/h4-11,13H,12H2,1-3H3. The van der Waals surface area contributed by atoms with Crippen LogP contribution in [0.4, 0.5) is 0 Å². The van der Waals surface area contributed by atoms with Crippen LogP contribution in [0.1, 0.15) is 35.7 Å². The Bertz CT molecular complexity index is 903. The summed E-state index contributed by atoms with van der Waals surface area (Å²) in [5, 5.41) is 4.64. The third kappa shape index (κ3) is 4.11. The zero-order valence-corrected chi connectivity index (χ0v) is 15.7. The number of halogens is 1. The molecule has 0 atom stereocenters. The van der Waals surface area contributed by atoms with Gasteiger partial charge in [-0.2, -0.15) is 4.98 Å². The SMILES string of the molecule is Cc1cccc(-c2noc(CN(C(=O)c3ccc(Cl)cc3)C(C)C)n2)c1. The zero-order valence-electron chi connectivity index (χ0n) is 14.9. The molecule has 1 heterocycles. The molecule has 0 saturated heterocycles. The van der Waals surface area contributed by atoms with Gasteiger partial charge in [-0.25, -0.2) is 0 Å². The number of benzene rings is 2. The number of hydrogen-bond acceptors (Lipinski definition) is 4. The van der Waals surface area contributed by atoms with Crippen molar-refractivity contribution in [2.75, 3.05) is 0 Å². The van der Waals surface area contributed by atoms with Crippen LogP contribution < -0.4 is 0 Å². The van der Waals surface area contributed by atoms with Crippen molar-refractivity contribution in [1.29, 1.82) is 0 Å². The van der Waals surface area contributed by atoms with Crippen LogP contribution in [0, 0.1) is 6.92 Å². The maximum atomic E-state index is 12.8. The lowest BCUT2D eigenvalue weighted by atomic mass is 10.1. The van der Waals surface area contributed by atoms with E-state index in [1.165, 1.54) is 0 Å². The molecule has 6 heteroatoms. The molecule has 0 aliphatic rings. The second-order valence-electron chi connectivity index (χ2n) is 6.41. The summed E-state index contributed by atoms with van der Waals surface area (Å²) in [6.45, 7) is 6.16. The number of carbonyl (C=O) groups excluding carboxylic acids is 1. The molecule has 0 bridgehead atoms. The summed E-state index contributed by atoms with van der Waals surface area (Å²) in [4.78, 5) is 18.9. The van der Waals surface area contributed by atoms with Crippen molar-refractivity contribution in [3.05, 3.63) is 70.6 Å². The molecule has 2 aromatic carbocycles. The van der Waals surface area contributed by atoms with E-state index in [4.69, 9.17) is 16.1 Å². The quantitative estimate of drug-likeness (QED) is 0.651. The van der Waals surface area contributed by atoms with Crippen molar-refractivity contribution >= 4 is 17.5 Å². The number of nitrogens with zero attached hydrogens (tertiary/aromatic N) is 3. The lowest BCUT2D eigenvalue weighted by Crippen LogP contribution is -2.36. The van der Waals surface area contributed by atoms with E-state index in [1.807, 2.05) is 45.0 Å². The molecule has 0 aliphatic heterocycles. The van der Waals surface area contributed by atoms with Gasteiger partial charge < -0.3 is 9.42 Å². The summed E-state index contributed by atoms with van der Waals surface area (Å²) in [6, 6.07) is 14.7. The summed E-state index contributed by atoms with van der Waals surface area (Å²) < 4.78 is 5.37. The molecule has 0 unspecified atom stereocenters. The first kappa shape index (κ1) is 18.1. The molecule has 0 N–H and O–H groups in total. The van der Waals surface area contributed by atoms with Crippen LogP contribution in [0.3, 0.4) is 0 Å². The predicted molar refractivity (Wildman–Crippen MR) is 101 cm³/mol. The summed E-state index contributed by atoms with van der Waals surface area (Å²) in [5.74, 6) is 0.816. The highest BCUT2D eigenvalue weighted by atomic mass is 35.5. The summed E-state index contributed by atoms with van der Waals surface area (Å²) in [6.07, 6.45) is 0. The van der Waals surface area contributed by atoms with Crippen molar-refractivity contribution in [3.63, 3.8) is 0 Å². The second kappa shape index (κ2) is 7.70. The molecule has 3 aromatic rings. The second-order valence-corrected chi connectivity index (χ2v) is 6.85. The maximum Gasteiger partial charge on any atom is 0.254 e. The summed E-state index contributed by atoms with van der Waals surface area (Å²) >= 11 is 5.90. The van der Waals surface area contributed by atoms with E-state index in [1.54, 1.807) is 29.2 Å². The molecular weight excluding hydrogens is 350 g/mol. The van der Waals surface area contributed by atoms with Gasteiger partial charge in [-0.1, -0.05) is 40.5 Å². The van der Waals surface area contributed by atoms with Crippen molar-refractivity contribution in [1.82, 2.24) is 15.0 Å². The number of rotatable bonds is 5. The number of carbonyl (C=O) groups is 1. The minimum atomic E-state index is -0.105. The molecule has 0 spiro atoms. The van der Waals surface area contributed by atoms with Gasteiger partial charge in [-0.3, -0.25) is 4.79 Å². The van der Waals surface area contributed by atoms with Gasteiger partial charge in [-0.05, 0) is 51.1 Å². The Kier molecular flexibility index (Phi) is 5.38. The van der Waals surface area contributed by atoms with E-state index in [0.29, 0.717) is 22.3 Å². The van der Waals surface area contributed by atoms with Crippen LogP contribution in [-0.2, 0) is 6.54 Å². The molecular formula is C20H20ClN3O2. The van der Waals surface area contributed by atoms with E-state index in [0.717, 1.165) is 11.1 Å². The van der Waals surface area contributed by atoms with E-state index < -0.39 is 0 Å². The smallest absolute Gasteiger partial charge is 0.254 e. The van der Waals surface area contributed by atoms with Crippen molar-refractivity contribution in [2.45, 2.75) is 33.4 Å². The molecule has 3 rings (SSSR count). The number of hydrogen-bond donors (Lipinski definition) is 0. The van der Waals surface area contributed by atoms with Gasteiger partial charge >= 0.3 is 0 Å². The van der Waals surface area contributed by atoms with Crippen LogP contribution in [0.25, 0.3) is 11.4 Å². The van der Waals surface area contributed by atoms with E-state index in [9.17, 15) is 4.79 Å². The third-order valence-corrected chi connectivity index (χ3v) is 4.28. The highest BCUT2D eigenvalue weighted by Crippen LogP contribution is 2.19. The van der Waals surface area contributed by atoms with Crippen LogP contribution in [0.15, 0.2) is 53.1 Å². The predicted octanol–water partition coefficient (Wildman–Crippen LogP) is 4.75. The fourth-order valence-electron chi connectivity index (χ4n) is 2.61. The Labute approximate surface area is 157 Å². The maximum absolute atomic E-state index is 12.8. The van der Waals surface area contributed by atoms with Gasteiger partial charge in [-0.15, -0.1) is 0 Å². The van der Waals surface area contributed by atoms with Gasteiger partial charge in [0.05, 0.1) is 0 Å². The molecule has 5 nitrogen and oxygen atoms in total. The lowest BCUT2D eigenvalue weighted by Gasteiger charge is -2.25. The molecule has 1 aromatic heterocycles. The van der Waals surface area contributed by atoms with E-state index >= 15 is 0 Å². The Morgan fingerprint density at radius 3 is 2.58 bits per heavy atom. The topological polar surface area (TPSA) is 59.2 Å². The molecule has 1 amide bonds. The third-order valence-electron chi connectivity index (χ3n) is 4.03. The Hall–Kier alpha value is -2.66. The number of aromatic nitrogens is 2. The minimum absolute atomic E-state index is 0.0208. The fourth-order valence-corrected chi connectivity index (χ4v) is 2.74. The van der Waals surface area contributed by atoms with Crippen LogP contribution in [-0.4, -0.2) is 27.0 Å². The largest absolute Gasteiger partial charge is 0.337 e. The first-order chi connectivity index (χ1) is 12.4. The normalized spacial score (nSPS) is 11.0. The number of aryl methyl sites for hydroxylation is 1. The summed E-state index contributed by atoms with van der Waals surface area (Å²) in [7, 11) is 0. The van der Waals surface area contributed by atoms with Crippen molar-refractivity contribution in [3.8, 4) is 11.4 Å². The molecule has 0 fully saturated rings. The Morgan fingerprint density at radius 1 is 1.19 bits per heavy atom. The monoisotopic (exact) mass is 369 g/mol. The van der Waals surface area contributed by atoms with Crippen LogP contribution in [0.2, 0.25) is 5.02 Å². The molecule has 0 saturated carbocycles. The van der Waals surface area contributed by atoms with Gasteiger partial charge in [0.25, 0.3) is 5.91 Å². The lowest BCUT2D eigenvalue weighted by molar-refractivity contribution is 0.0667. The fraction of sp³-hybridized carbons (Fsp3) is 0.250. The van der Waals surface area contributed by atoms with Crippen molar-refractivity contribution in [2.24, 2.45) is 0 Å². The first-order valence-electron chi connectivity index (χ1n) is 8.40. The summed E-state index contributed by atoms with van der Waals surface area (Å²) in [5.41, 5.74) is 2.58. The Morgan fingerprint density at radius 2 is 1.92 bits per heavy atom. The molecule has 0 radical (unpaired) electrons. The molecule has 0 aliphatic carbocycles. The van der Waals surface area contributed by atoms with Gasteiger partial charge in [0, 0.05) is 22.2 Å². The average molecular weight is 370 g/mol. The Balaban J connectivity index is 1.80. The first-order valence-corrected chi connectivity index (χ1v) is 8.78.